The van der Waals surface area contributed by atoms with Crippen molar-refractivity contribution in [1.82, 2.24) is 4.31 Å². The van der Waals surface area contributed by atoms with Gasteiger partial charge in [-0.1, -0.05) is 42.5 Å². The van der Waals surface area contributed by atoms with Crippen LogP contribution in [0, 0.1) is 6.92 Å². The number of hydrogen-bond donors (Lipinski definition) is 0. The van der Waals surface area contributed by atoms with Gasteiger partial charge >= 0.3 is 12.1 Å². The van der Waals surface area contributed by atoms with Gasteiger partial charge in [-0.05, 0) is 60.9 Å². The first-order valence-corrected chi connectivity index (χ1v) is 11.9. The van der Waals surface area contributed by atoms with E-state index in [4.69, 9.17) is 4.74 Å². The van der Waals surface area contributed by atoms with Gasteiger partial charge in [0.05, 0.1) is 22.6 Å². The molecule has 0 amide bonds. The fourth-order valence-corrected chi connectivity index (χ4v) is 4.80. The largest absolute Gasteiger partial charge is 0.462 e. The summed E-state index contributed by atoms with van der Waals surface area (Å²) in [5.41, 5.74) is 1.42. The van der Waals surface area contributed by atoms with Gasteiger partial charge in [0.1, 0.15) is 0 Å². The number of hydrogen-bond acceptors (Lipinski definition) is 4. The lowest BCUT2D eigenvalue weighted by Gasteiger charge is -2.24. The summed E-state index contributed by atoms with van der Waals surface area (Å²) in [5, 5.41) is 0. The molecule has 0 aromatic heterocycles. The van der Waals surface area contributed by atoms with Crippen LogP contribution in [0.2, 0.25) is 0 Å². The minimum Gasteiger partial charge on any atom is -0.462 e. The van der Waals surface area contributed by atoms with E-state index < -0.39 is 32.6 Å². The third kappa shape index (κ3) is 6.03. The third-order valence-corrected chi connectivity index (χ3v) is 7.02. The number of rotatable bonds is 8. The van der Waals surface area contributed by atoms with Gasteiger partial charge in [-0.2, -0.15) is 17.5 Å². The van der Waals surface area contributed by atoms with E-state index >= 15 is 0 Å². The summed E-state index contributed by atoms with van der Waals surface area (Å²) >= 11 is 0. The van der Waals surface area contributed by atoms with Crippen molar-refractivity contribution in [2.24, 2.45) is 0 Å². The molecule has 180 valence electrons. The number of benzene rings is 3. The van der Waals surface area contributed by atoms with Crippen LogP contribution >= 0.6 is 0 Å². The van der Waals surface area contributed by atoms with Gasteiger partial charge in [0.15, 0.2) is 0 Å². The second kappa shape index (κ2) is 10.4. The standard InChI is InChI=1S/C25H24F3NO4S/c1-3-33-24(30)20-13-11-19(12-14-20)16-29(17-21-8-5-4-7-18(21)2)34(31,32)23-10-6-9-22(15-23)25(26,27)28/h4-15H,3,16-17H2,1-2H3. The van der Waals surface area contributed by atoms with E-state index in [1.807, 2.05) is 19.1 Å². The fraction of sp³-hybridized carbons (Fsp3) is 0.240. The zero-order valence-corrected chi connectivity index (χ0v) is 19.5. The third-order valence-electron chi connectivity index (χ3n) is 5.23. The van der Waals surface area contributed by atoms with Crippen molar-refractivity contribution in [3.05, 3.63) is 101 Å². The molecule has 3 aromatic rings. The van der Waals surface area contributed by atoms with Crippen molar-refractivity contribution in [2.75, 3.05) is 6.61 Å². The van der Waals surface area contributed by atoms with Crippen molar-refractivity contribution < 1.29 is 31.1 Å². The summed E-state index contributed by atoms with van der Waals surface area (Å²) in [6.45, 7) is 3.60. The van der Waals surface area contributed by atoms with Crippen molar-refractivity contribution in [1.29, 1.82) is 0 Å². The highest BCUT2D eigenvalue weighted by Gasteiger charge is 2.33. The Bertz CT molecular complexity index is 1260. The number of aryl methyl sites for hydroxylation is 1. The van der Waals surface area contributed by atoms with Gasteiger partial charge < -0.3 is 4.74 Å². The lowest BCUT2D eigenvalue weighted by molar-refractivity contribution is -0.137. The normalized spacial score (nSPS) is 12.1. The maximum absolute atomic E-state index is 13.5. The van der Waals surface area contributed by atoms with Gasteiger partial charge in [0.25, 0.3) is 0 Å². The highest BCUT2D eigenvalue weighted by atomic mass is 32.2. The zero-order chi connectivity index (χ0) is 24.9. The Balaban J connectivity index is 1.99. The molecule has 0 heterocycles. The van der Waals surface area contributed by atoms with Crippen LogP contribution in [-0.4, -0.2) is 25.3 Å². The number of sulfonamides is 1. The average molecular weight is 492 g/mol. The lowest BCUT2D eigenvalue weighted by atomic mass is 10.1. The molecule has 0 saturated carbocycles. The van der Waals surface area contributed by atoms with E-state index in [0.717, 1.165) is 33.6 Å². The molecule has 0 radical (unpaired) electrons. The Morgan fingerprint density at radius 2 is 1.62 bits per heavy atom. The Hall–Kier alpha value is -3.17. The van der Waals surface area contributed by atoms with Crippen LogP contribution in [0.25, 0.3) is 0 Å². The summed E-state index contributed by atoms with van der Waals surface area (Å²) in [7, 11) is -4.29. The van der Waals surface area contributed by atoms with Gasteiger partial charge in [-0.25, -0.2) is 13.2 Å². The maximum atomic E-state index is 13.5. The monoisotopic (exact) mass is 491 g/mol. The van der Waals surface area contributed by atoms with Crippen LogP contribution < -0.4 is 0 Å². The van der Waals surface area contributed by atoms with Crippen LogP contribution in [0.15, 0.2) is 77.7 Å². The lowest BCUT2D eigenvalue weighted by Crippen LogP contribution is -2.30. The minimum absolute atomic E-state index is 0.0368. The van der Waals surface area contributed by atoms with E-state index in [-0.39, 0.29) is 19.7 Å². The number of carbonyl (C=O) groups excluding carboxylic acids is 1. The van der Waals surface area contributed by atoms with Crippen LogP contribution in [0.1, 0.15) is 39.5 Å². The molecule has 0 aliphatic heterocycles. The quantitative estimate of drug-likeness (QED) is 0.386. The molecule has 0 spiro atoms. The van der Waals surface area contributed by atoms with Crippen LogP contribution in [0.3, 0.4) is 0 Å². The van der Waals surface area contributed by atoms with E-state index in [0.29, 0.717) is 17.2 Å². The van der Waals surface area contributed by atoms with Gasteiger partial charge in [0, 0.05) is 13.1 Å². The van der Waals surface area contributed by atoms with Gasteiger partial charge in [0.2, 0.25) is 10.0 Å². The number of halogens is 3. The van der Waals surface area contributed by atoms with E-state index in [2.05, 4.69) is 0 Å². The highest BCUT2D eigenvalue weighted by Crippen LogP contribution is 2.32. The summed E-state index contributed by atoms with van der Waals surface area (Å²) < 4.78 is 72.7. The molecule has 0 aliphatic carbocycles. The Labute approximate surface area is 196 Å². The molecule has 0 unspecified atom stereocenters. The predicted octanol–water partition coefficient (Wildman–Crippen LogP) is 5.58. The SMILES string of the molecule is CCOC(=O)c1ccc(CN(Cc2ccccc2C)S(=O)(=O)c2cccc(C(F)(F)F)c2)cc1. The summed E-state index contributed by atoms with van der Waals surface area (Å²) in [6.07, 6.45) is -4.67. The van der Waals surface area contributed by atoms with Crippen molar-refractivity contribution in [2.45, 2.75) is 38.0 Å². The van der Waals surface area contributed by atoms with E-state index in [1.165, 1.54) is 12.1 Å². The first kappa shape index (κ1) is 25.5. The molecular weight excluding hydrogens is 467 g/mol. The second-order valence-corrected chi connectivity index (χ2v) is 9.58. The predicted molar refractivity (Wildman–Crippen MR) is 121 cm³/mol. The van der Waals surface area contributed by atoms with Crippen LogP contribution in [-0.2, 0) is 34.0 Å². The molecule has 3 rings (SSSR count). The van der Waals surface area contributed by atoms with E-state index in [1.54, 1.807) is 31.2 Å². The molecular formula is C25H24F3NO4S. The highest BCUT2D eigenvalue weighted by molar-refractivity contribution is 7.89. The second-order valence-electron chi connectivity index (χ2n) is 7.64. The molecule has 0 N–H and O–H groups in total. The van der Waals surface area contributed by atoms with Crippen LogP contribution in [0.4, 0.5) is 13.2 Å². The molecule has 5 nitrogen and oxygen atoms in total. The molecule has 0 atom stereocenters. The van der Waals surface area contributed by atoms with Gasteiger partial charge in [-0.3, -0.25) is 0 Å². The Morgan fingerprint density at radius 1 is 0.941 bits per heavy atom. The molecule has 0 aliphatic rings. The number of esters is 1. The molecule has 9 heteroatoms. The molecule has 0 saturated heterocycles. The Kier molecular flexibility index (Phi) is 7.78. The maximum Gasteiger partial charge on any atom is 0.416 e. The first-order valence-electron chi connectivity index (χ1n) is 10.5. The Morgan fingerprint density at radius 3 is 2.24 bits per heavy atom. The smallest absolute Gasteiger partial charge is 0.416 e. The van der Waals surface area contributed by atoms with Gasteiger partial charge in [-0.15, -0.1) is 0 Å². The summed E-state index contributed by atoms with van der Waals surface area (Å²) in [4.78, 5) is 11.4. The zero-order valence-electron chi connectivity index (χ0n) is 18.7. The summed E-state index contributed by atoms with van der Waals surface area (Å²) in [5.74, 6) is -0.498. The summed E-state index contributed by atoms with van der Waals surface area (Å²) in [6, 6.07) is 17.1. The van der Waals surface area contributed by atoms with Crippen molar-refractivity contribution in [3.63, 3.8) is 0 Å². The number of carbonyl (C=O) groups is 1. The van der Waals surface area contributed by atoms with Crippen molar-refractivity contribution >= 4 is 16.0 Å². The van der Waals surface area contributed by atoms with Crippen LogP contribution in [0.5, 0.6) is 0 Å². The van der Waals surface area contributed by atoms with E-state index in [9.17, 15) is 26.4 Å². The molecule has 0 fully saturated rings. The van der Waals surface area contributed by atoms with Crippen molar-refractivity contribution in [3.8, 4) is 0 Å². The fourth-order valence-electron chi connectivity index (χ4n) is 3.35. The average Bonchev–Trinajstić information content (AvgIpc) is 2.80. The molecule has 0 bridgehead atoms. The number of nitrogens with zero attached hydrogens (tertiary/aromatic N) is 1. The number of ether oxygens (including phenoxy) is 1. The molecule has 34 heavy (non-hydrogen) atoms. The minimum atomic E-state index is -4.67. The topological polar surface area (TPSA) is 63.7 Å². The number of alkyl halides is 3. The molecule has 3 aromatic carbocycles. The first-order chi connectivity index (χ1) is 16.0.